The molecule has 10 rings (SSSR count). The van der Waals surface area contributed by atoms with Gasteiger partial charge in [-0.1, -0.05) is 41.9 Å². The number of halogens is 4. The Hall–Kier alpha value is -5.86. The van der Waals surface area contributed by atoms with Crippen LogP contribution >= 0.6 is 22.3 Å². The third kappa shape index (κ3) is 10.8. The van der Waals surface area contributed by atoms with Crippen molar-refractivity contribution in [2.45, 2.75) is 61.1 Å². The molecule has 0 saturated carbocycles. The molecule has 0 aliphatic carbocycles. The van der Waals surface area contributed by atoms with Gasteiger partial charge in [0, 0.05) is 53.3 Å². The van der Waals surface area contributed by atoms with Gasteiger partial charge in [-0.15, -0.1) is 0 Å². The third-order valence-corrected chi connectivity index (χ3v) is 15.7. The third-order valence-electron chi connectivity index (χ3n) is 12.1. The Morgan fingerprint density at radius 2 is 1.23 bits per heavy atom. The first kappa shape index (κ1) is 49.6. The number of hydrogen-bond acceptors (Lipinski definition) is 11. The quantitative estimate of drug-likeness (QED) is 0.132. The number of benzene rings is 4. The summed E-state index contributed by atoms with van der Waals surface area (Å²) in [6, 6.07) is 29.9. The summed E-state index contributed by atoms with van der Waals surface area (Å²) in [5.41, 5.74) is 5.20. The molecule has 4 aromatic heterocycles. The predicted molar refractivity (Wildman–Crippen MR) is 262 cm³/mol. The van der Waals surface area contributed by atoms with E-state index in [1.54, 1.807) is 74.1 Å². The van der Waals surface area contributed by atoms with Crippen molar-refractivity contribution in [3.8, 4) is 28.5 Å². The number of piperidine rings is 2. The van der Waals surface area contributed by atoms with E-state index in [1.165, 1.54) is 34.6 Å². The van der Waals surface area contributed by atoms with E-state index in [9.17, 15) is 25.6 Å². The van der Waals surface area contributed by atoms with Gasteiger partial charge in [0.25, 0.3) is 9.05 Å². The molecule has 0 radical (unpaired) electrons. The summed E-state index contributed by atoms with van der Waals surface area (Å²) in [6.45, 7) is 4.22. The second kappa shape index (κ2) is 21.4. The van der Waals surface area contributed by atoms with Crippen LogP contribution in [0.5, 0.6) is 5.75 Å². The molecule has 2 aliphatic heterocycles. The van der Waals surface area contributed by atoms with Crippen molar-refractivity contribution in [2.75, 3.05) is 33.3 Å². The Bertz CT molecular complexity index is 3340. The Kier molecular flexibility index (Phi) is 15.4. The van der Waals surface area contributed by atoms with Gasteiger partial charge >= 0.3 is 0 Å². The largest absolute Gasteiger partial charge is 0.496 e. The van der Waals surface area contributed by atoms with E-state index >= 15 is 0 Å². The number of nitrogens with zero attached hydrogens (tertiary/aromatic N) is 7. The van der Waals surface area contributed by atoms with Gasteiger partial charge in [-0.2, -0.15) is 4.31 Å². The summed E-state index contributed by atoms with van der Waals surface area (Å²) < 4.78 is 88.0. The van der Waals surface area contributed by atoms with Gasteiger partial charge in [-0.3, -0.25) is 0 Å². The van der Waals surface area contributed by atoms with E-state index in [0.29, 0.717) is 77.2 Å². The standard InChI is InChI=1S/C25H25FN4O3S.C17H17FN4.C7H6Cl2O3S/c1-17-16-19(9-10-23(17)33-2)34(31,32)29-14-11-18(12-15-29)30-24(20-6-3-4-7-21(20)26)28-22-8-5-13-27-25(22)30;18-14-5-2-1-4-13(14)16-21-15-6-3-9-20-17(15)22(16)12-7-10-19-11-8-12;8-7-3-6(13(9,11)12)2-1-5(7)4-10/h3-10,13,16,18H,11-12,14-15H2,1-2H3;1-6,9,12,19H,7-8,10-11H2;1-3,10H,4H2. The fourth-order valence-electron chi connectivity index (χ4n) is 8.59. The minimum atomic E-state index is -3.74. The van der Waals surface area contributed by atoms with Crippen LogP contribution in [0.1, 0.15) is 48.9 Å². The summed E-state index contributed by atoms with van der Waals surface area (Å²) in [7, 11) is -0.742. The summed E-state index contributed by atoms with van der Waals surface area (Å²) in [4.78, 5) is 18.5. The van der Waals surface area contributed by atoms with E-state index in [4.69, 9.17) is 32.1 Å². The van der Waals surface area contributed by atoms with E-state index in [1.807, 2.05) is 35.8 Å². The van der Waals surface area contributed by atoms with Crippen molar-refractivity contribution >= 4 is 63.7 Å². The van der Waals surface area contributed by atoms with E-state index in [2.05, 4.69) is 29.8 Å². The topological polar surface area (TPSA) is 174 Å². The van der Waals surface area contributed by atoms with Crippen molar-refractivity contribution in [3.63, 3.8) is 0 Å². The van der Waals surface area contributed by atoms with Crippen molar-refractivity contribution in [1.29, 1.82) is 0 Å². The highest BCUT2D eigenvalue weighted by Crippen LogP contribution is 2.36. The number of methoxy groups -OCH3 is 1. The monoisotopic (exact) mass is 1020 g/mol. The Balaban J connectivity index is 0.000000156. The van der Waals surface area contributed by atoms with Crippen LogP contribution in [0.25, 0.3) is 45.1 Å². The number of fused-ring (bicyclic) bond motifs is 2. The molecule has 4 aromatic carbocycles. The smallest absolute Gasteiger partial charge is 0.261 e. The van der Waals surface area contributed by atoms with Crippen LogP contribution in [-0.2, 0) is 25.7 Å². The number of rotatable bonds is 9. The lowest BCUT2D eigenvalue weighted by molar-refractivity contribution is 0.278. The number of pyridine rings is 2. The maximum Gasteiger partial charge on any atom is 0.261 e. The number of aromatic nitrogens is 6. The van der Waals surface area contributed by atoms with Crippen LogP contribution in [0.2, 0.25) is 5.02 Å². The fraction of sp³-hybridized carbons (Fsp3) is 0.265. The van der Waals surface area contributed by atoms with Gasteiger partial charge in [0.2, 0.25) is 10.0 Å². The van der Waals surface area contributed by atoms with Crippen LogP contribution < -0.4 is 10.1 Å². The SMILES string of the molecule is COc1ccc(S(=O)(=O)N2CCC(n3c(-c4ccccc4F)nc4cccnc43)CC2)cc1C.Fc1ccccc1-c1nc2cccnc2n1C1CCNCC1.O=S(=O)(Cl)c1ccc(CO)c(Cl)c1. The van der Waals surface area contributed by atoms with Crippen LogP contribution in [0, 0.1) is 18.6 Å². The minimum absolute atomic E-state index is 0.0569. The molecule has 2 aliphatic rings. The van der Waals surface area contributed by atoms with Gasteiger partial charge in [0.15, 0.2) is 11.3 Å². The molecule has 360 valence electrons. The molecule has 2 N–H and O–H groups in total. The van der Waals surface area contributed by atoms with E-state index in [-0.39, 0.29) is 39.1 Å². The lowest BCUT2D eigenvalue weighted by Crippen LogP contribution is -2.39. The minimum Gasteiger partial charge on any atom is -0.496 e. The lowest BCUT2D eigenvalue weighted by atomic mass is 10.1. The van der Waals surface area contributed by atoms with Crippen molar-refractivity contribution in [1.82, 2.24) is 38.7 Å². The highest BCUT2D eigenvalue weighted by Gasteiger charge is 2.33. The maximum atomic E-state index is 14.7. The van der Waals surface area contributed by atoms with E-state index in [0.717, 1.165) is 42.7 Å². The Morgan fingerprint density at radius 1 is 0.710 bits per heavy atom. The second-order valence-electron chi connectivity index (χ2n) is 16.4. The second-order valence-corrected chi connectivity index (χ2v) is 21.3. The average molecular weight is 1020 g/mol. The fourth-order valence-corrected chi connectivity index (χ4v) is 11.2. The van der Waals surface area contributed by atoms with Gasteiger partial charge in [-0.05, 0) is 136 Å². The Morgan fingerprint density at radius 3 is 1.71 bits per heavy atom. The van der Waals surface area contributed by atoms with Crippen LogP contribution in [-0.4, -0.2) is 88.6 Å². The van der Waals surface area contributed by atoms with Crippen LogP contribution in [0.15, 0.2) is 131 Å². The first-order valence-corrected chi connectivity index (χ1v) is 26.2. The molecule has 20 heteroatoms. The highest BCUT2D eigenvalue weighted by molar-refractivity contribution is 8.13. The number of ether oxygens (including phenoxy) is 1. The number of aliphatic hydroxyl groups excluding tert-OH is 1. The first-order valence-electron chi connectivity index (χ1n) is 22.0. The average Bonchev–Trinajstić information content (AvgIpc) is 3.94. The number of aryl methyl sites for hydroxylation is 1. The zero-order valence-electron chi connectivity index (χ0n) is 37.5. The van der Waals surface area contributed by atoms with Gasteiger partial charge in [0.1, 0.15) is 40.1 Å². The number of sulfonamides is 1. The van der Waals surface area contributed by atoms with Crippen molar-refractivity contribution in [2.24, 2.45) is 0 Å². The molecule has 69 heavy (non-hydrogen) atoms. The molecule has 2 saturated heterocycles. The number of imidazole rings is 2. The molecule has 14 nitrogen and oxygen atoms in total. The first-order chi connectivity index (χ1) is 33.2. The summed E-state index contributed by atoms with van der Waals surface area (Å²) in [6.07, 6.45) is 6.60. The molecular weight excluding hydrogens is 970 g/mol. The van der Waals surface area contributed by atoms with E-state index < -0.39 is 19.1 Å². The predicted octanol–water partition coefficient (Wildman–Crippen LogP) is 9.50. The molecule has 0 unspecified atom stereocenters. The van der Waals surface area contributed by atoms with Crippen LogP contribution in [0.3, 0.4) is 0 Å². The van der Waals surface area contributed by atoms with Gasteiger partial charge in [-0.25, -0.2) is 45.6 Å². The molecule has 0 atom stereocenters. The number of aliphatic hydroxyl groups is 1. The zero-order valence-corrected chi connectivity index (χ0v) is 40.7. The normalized spacial score (nSPS) is 15.1. The molecule has 6 heterocycles. The lowest BCUT2D eigenvalue weighted by Gasteiger charge is -2.32. The zero-order chi connectivity index (χ0) is 48.9. The molecule has 0 bridgehead atoms. The number of hydrogen-bond donors (Lipinski definition) is 2. The van der Waals surface area contributed by atoms with Crippen molar-refractivity contribution in [3.05, 3.63) is 149 Å². The molecule has 8 aromatic rings. The summed E-state index contributed by atoms with van der Waals surface area (Å²) in [5.74, 6) is 1.25. The highest BCUT2D eigenvalue weighted by atomic mass is 35.7. The number of nitrogens with one attached hydrogen (secondary N) is 1. The van der Waals surface area contributed by atoms with Crippen LogP contribution in [0.4, 0.5) is 8.78 Å². The van der Waals surface area contributed by atoms with Gasteiger partial charge in [0.05, 0.1) is 34.6 Å². The molecule has 0 amide bonds. The summed E-state index contributed by atoms with van der Waals surface area (Å²) >= 11 is 5.65. The maximum absolute atomic E-state index is 14.7. The molecular formula is C49H48Cl2F2N8O6S2. The Labute approximate surface area is 408 Å². The van der Waals surface area contributed by atoms with Crippen molar-refractivity contribution < 1.29 is 35.5 Å². The van der Waals surface area contributed by atoms with Gasteiger partial charge < -0.3 is 24.3 Å². The summed E-state index contributed by atoms with van der Waals surface area (Å²) in [5, 5.41) is 12.3. The molecule has 0 spiro atoms. The molecule has 2 fully saturated rings.